The molecule has 0 bridgehead atoms. The van der Waals surface area contributed by atoms with Gasteiger partial charge < -0.3 is 10.4 Å². The summed E-state index contributed by atoms with van der Waals surface area (Å²) < 4.78 is 0. The van der Waals surface area contributed by atoms with Crippen molar-refractivity contribution in [3.63, 3.8) is 0 Å². The highest BCUT2D eigenvalue weighted by atomic mass is 16.4. The van der Waals surface area contributed by atoms with Gasteiger partial charge in [-0.25, -0.2) is 4.79 Å². The quantitative estimate of drug-likeness (QED) is 0.853. The van der Waals surface area contributed by atoms with Gasteiger partial charge in [0.25, 0.3) is 0 Å². The van der Waals surface area contributed by atoms with Crippen molar-refractivity contribution in [3.05, 3.63) is 35.9 Å². The molecule has 0 aliphatic heterocycles. The molecule has 102 valence electrons. The summed E-state index contributed by atoms with van der Waals surface area (Å²) in [6.07, 6.45) is 2.98. The van der Waals surface area contributed by atoms with Gasteiger partial charge in [0.2, 0.25) is 5.91 Å². The molecule has 0 saturated heterocycles. The molecule has 0 spiro atoms. The number of rotatable bonds is 5. The zero-order valence-electron chi connectivity index (χ0n) is 11.1. The molecule has 1 fully saturated rings. The number of carbonyl (C=O) groups excluding carboxylic acids is 1. The predicted octanol–water partition coefficient (Wildman–Crippen LogP) is 2.09. The molecule has 19 heavy (non-hydrogen) atoms. The van der Waals surface area contributed by atoms with Crippen molar-refractivity contribution in [1.29, 1.82) is 0 Å². The molecule has 0 radical (unpaired) electrons. The molecule has 1 aliphatic carbocycles. The first-order valence-electron chi connectivity index (χ1n) is 6.69. The van der Waals surface area contributed by atoms with Crippen LogP contribution in [0.25, 0.3) is 0 Å². The average molecular weight is 261 g/mol. The highest BCUT2D eigenvalue weighted by Crippen LogP contribution is 2.43. The molecule has 0 unspecified atom stereocenters. The summed E-state index contributed by atoms with van der Waals surface area (Å²) in [6, 6.07) is 8.84. The Morgan fingerprint density at radius 1 is 1.32 bits per heavy atom. The number of hydrogen-bond acceptors (Lipinski definition) is 2. The molecule has 1 aliphatic rings. The van der Waals surface area contributed by atoms with Crippen LogP contribution in [0.3, 0.4) is 0 Å². The first-order valence-corrected chi connectivity index (χ1v) is 6.69. The van der Waals surface area contributed by atoms with E-state index in [0.717, 1.165) is 24.8 Å². The fourth-order valence-electron chi connectivity index (χ4n) is 2.57. The van der Waals surface area contributed by atoms with Crippen LogP contribution >= 0.6 is 0 Å². The lowest BCUT2D eigenvalue weighted by Gasteiger charge is -2.41. The number of nitrogens with one attached hydrogen (secondary N) is 1. The summed E-state index contributed by atoms with van der Waals surface area (Å²) in [5.74, 6) is -1.13. The maximum absolute atomic E-state index is 12.4. The Labute approximate surface area is 112 Å². The van der Waals surface area contributed by atoms with Crippen LogP contribution in [-0.4, -0.2) is 23.0 Å². The van der Waals surface area contributed by atoms with E-state index >= 15 is 0 Å². The number of amides is 1. The number of carboxylic acids is 1. The fraction of sp³-hybridized carbons (Fsp3) is 0.467. The predicted molar refractivity (Wildman–Crippen MR) is 71.8 cm³/mol. The van der Waals surface area contributed by atoms with Gasteiger partial charge >= 0.3 is 5.97 Å². The molecule has 1 aromatic carbocycles. The molecule has 4 heteroatoms. The van der Waals surface area contributed by atoms with Gasteiger partial charge in [-0.1, -0.05) is 43.7 Å². The van der Waals surface area contributed by atoms with Crippen molar-refractivity contribution in [1.82, 2.24) is 5.32 Å². The largest absolute Gasteiger partial charge is 0.480 e. The Bertz CT molecular complexity index is 466. The molecule has 0 heterocycles. The van der Waals surface area contributed by atoms with Gasteiger partial charge in [-0.15, -0.1) is 0 Å². The summed E-state index contributed by atoms with van der Waals surface area (Å²) in [5.41, 5.74) is 0.461. The van der Waals surface area contributed by atoms with Crippen LogP contribution in [0.4, 0.5) is 0 Å². The van der Waals surface area contributed by atoms with Gasteiger partial charge in [0.05, 0.1) is 5.41 Å². The fourth-order valence-corrected chi connectivity index (χ4v) is 2.57. The number of carboxylic acid groups (broad SMARTS) is 1. The Balaban J connectivity index is 2.18. The van der Waals surface area contributed by atoms with Crippen LogP contribution in [0.1, 0.15) is 38.2 Å². The summed E-state index contributed by atoms with van der Waals surface area (Å²) in [4.78, 5) is 23.5. The summed E-state index contributed by atoms with van der Waals surface area (Å²) in [5, 5.41) is 11.7. The Kier molecular flexibility index (Phi) is 3.88. The topological polar surface area (TPSA) is 66.4 Å². The Hall–Kier alpha value is -1.84. The highest BCUT2D eigenvalue weighted by molar-refractivity contribution is 5.92. The molecule has 1 atom stereocenters. The number of benzene rings is 1. The number of aliphatic carboxylic acids is 1. The first-order chi connectivity index (χ1) is 9.10. The molecule has 0 aromatic heterocycles. The van der Waals surface area contributed by atoms with Gasteiger partial charge in [0, 0.05) is 0 Å². The number of hydrogen-bond donors (Lipinski definition) is 2. The van der Waals surface area contributed by atoms with E-state index in [1.54, 1.807) is 6.92 Å². The van der Waals surface area contributed by atoms with Crippen LogP contribution in [0.15, 0.2) is 30.3 Å². The van der Waals surface area contributed by atoms with Crippen molar-refractivity contribution in [2.75, 3.05) is 0 Å². The lowest BCUT2D eigenvalue weighted by atomic mass is 9.63. The second kappa shape index (κ2) is 5.43. The molecule has 1 aromatic rings. The van der Waals surface area contributed by atoms with Gasteiger partial charge in [-0.2, -0.15) is 0 Å². The van der Waals surface area contributed by atoms with E-state index in [2.05, 4.69) is 5.32 Å². The maximum atomic E-state index is 12.4. The minimum atomic E-state index is -0.974. The van der Waals surface area contributed by atoms with E-state index in [1.165, 1.54) is 0 Å². The Morgan fingerprint density at radius 2 is 1.95 bits per heavy atom. The SMILES string of the molecule is CC[C@@H](NC(=O)C1(c2ccccc2)CCC1)C(=O)O. The van der Waals surface area contributed by atoms with Crippen molar-refractivity contribution in [2.45, 2.75) is 44.1 Å². The standard InChI is InChI=1S/C15H19NO3/c1-2-12(13(17)18)16-14(19)15(9-6-10-15)11-7-4-3-5-8-11/h3-5,7-8,12H,2,6,9-10H2,1H3,(H,16,19)(H,17,18)/t12-/m1/s1. The van der Waals surface area contributed by atoms with E-state index < -0.39 is 17.4 Å². The van der Waals surface area contributed by atoms with Gasteiger partial charge in [-0.05, 0) is 24.8 Å². The van der Waals surface area contributed by atoms with Crippen molar-refractivity contribution in [2.24, 2.45) is 0 Å². The molecular formula is C15H19NO3. The first kappa shape index (κ1) is 13.6. The van der Waals surface area contributed by atoms with E-state index in [0.29, 0.717) is 6.42 Å². The maximum Gasteiger partial charge on any atom is 0.326 e. The zero-order chi connectivity index (χ0) is 13.9. The number of carbonyl (C=O) groups is 2. The van der Waals surface area contributed by atoms with Crippen LogP contribution in [0, 0.1) is 0 Å². The second-order valence-electron chi connectivity index (χ2n) is 5.07. The second-order valence-corrected chi connectivity index (χ2v) is 5.07. The van der Waals surface area contributed by atoms with E-state index in [1.807, 2.05) is 30.3 Å². The normalized spacial score (nSPS) is 18.2. The molecule has 2 rings (SSSR count). The van der Waals surface area contributed by atoms with E-state index in [4.69, 9.17) is 5.11 Å². The van der Waals surface area contributed by atoms with Gasteiger partial charge in [0.1, 0.15) is 6.04 Å². The minimum absolute atomic E-state index is 0.154. The van der Waals surface area contributed by atoms with Crippen LogP contribution in [0.2, 0.25) is 0 Å². The zero-order valence-corrected chi connectivity index (χ0v) is 11.1. The molecule has 2 N–H and O–H groups in total. The lowest BCUT2D eigenvalue weighted by molar-refractivity contribution is -0.143. The van der Waals surface area contributed by atoms with Crippen molar-refractivity contribution < 1.29 is 14.7 Å². The van der Waals surface area contributed by atoms with Gasteiger partial charge in [0.15, 0.2) is 0 Å². The monoisotopic (exact) mass is 261 g/mol. The molecule has 1 amide bonds. The smallest absolute Gasteiger partial charge is 0.326 e. The lowest BCUT2D eigenvalue weighted by Crippen LogP contribution is -2.53. The van der Waals surface area contributed by atoms with Crippen LogP contribution in [0.5, 0.6) is 0 Å². The van der Waals surface area contributed by atoms with Crippen molar-refractivity contribution in [3.8, 4) is 0 Å². The Morgan fingerprint density at radius 3 is 2.37 bits per heavy atom. The summed E-state index contributed by atoms with van der Waals surface area (Å²) >= 11 is 0. The van der Waals surface area contributed by atoms with Crippen LogP contribution < -0.4 is 5.32 Å². The van der Waals surface area contributed by atoms with Crippen molar-refractivity contribution >= 4 is 11.9 Å². The average Bonchev–Trinajstić information content (AvgIpc) is 2.35. The summed E-state index contributed by atoms with van der Waals surface area (Å²) in [7, 11) is 0. The molecule has 4 nitrogen and oxygen atoms in total. The van der Waals surface area contributed by atoms with Gasteiger partial charge in [-0.3, -0.25) is 4.79 Å². The molecule has 1 saturated carbocycles. The van der Waals surface area contributed by atoms with Crippen LogP contribution in [-0.2, 0) is 15.0 Å². The van der Waals surface area contributed by atoms with E-state index in [-0.39, 0.29) is 5.91 Å². The highest BCUT2D eigenvalue weighted by Gasteiger charge is 2.46. The molecular weight excluding hydrogens is 242 g/mol. The minimum Gasteiger partial charge on any atom is -0.480 e. The third-order valence-electron chi connectivity index (χ3n) is 3.98. The third-order valence-corrected chi connectivity index (χ3v) is 3.98. The summed E-state index contributed by atoms with van der Waals surface area (Å²) in [6.45, 7) is 1.76. The van der Waals surface area contributed by atoms with E-state index in [9.17, 15) is 9.59 Å². The third kappa shape index (κ3) is 2.48.